The lowest BCUT2D eigenvalue weighted by Crippen LogP contribution is -2.41. The third-order valence-corrected chi connectivity index (χ3v) is 4.33. The van der Waals surface area contributed by atoms with Crippen molar-refractivity contribution in [2.75, 3.05) is 13.1 Å². The third kappa shape index (κ3) is 3.43. The van der Waals surface area contributed by atoms with Gasteiger partial charge in [0.15, 0.2) is 0 Å². The molecule has 0 aromatic carbocycles. The molecule has 2 heterocycles. The smallest absolute Gasteiger partial charge is 0.292 e. The Morgan fingerprint density at radius 1 is 1.38 bits per heavy atom. The molecule has 21 heavy (non-hydrogen) atoms. The summed E-state index contributed by atoms with van der Waals surface area (Å²) in [6.45, 7) is 5.26. The number of nitrogens with two attached hydrogens (primary N) is 1. The van der Waals surface area contributed by atoms with Gasteiger partial charge in [0.05, 0.1) is 5.69 Å². The van der Waals surface area contributed by atoms with E-state index in [4.69, 9.17) is 10.3 Å². The van der Waals surface area contributed by atoms with Crippen molar-refractivity contribution in [1.82, 2.24) is 10.1 Å². The number of carbonyl (C=O) groups is 2. The molecule has 2 N–H and O–H groups in total. The summed E-state index contributed by atoms with van der Waals surface area (Å²) in [7, 11) is 0. The SMILES string of the molecule is CCC(CC)c1cc(C(=O)N2CCC(C(N)=O)CC2)on1. The average molecular weight is 293 g/mol. The van der Waals surface area contributed by atoms with Crippen LogP contribution in [0.3, 0.4) is 0 Å². The minimum atomic E-state index is -0.280. The fourth-order valence-electron chi connectivity index (χ4n) is 2.81. The second-order valence-electron chi connectivity index (χ2n) is 5.60. The van der Waals surface area contributed by atoms with Crippen molar-refractivity contribution >= 4 is 11.8 Å². The lowest BCUT2D eigenvalue weighted by molar-refractivity contribution is -0.123. The van der Waals surface area contributed by atoms with Crippen molar-refractivity contribution in [3.05, 3.63) is 17.5 Å². The molecular weight excluding hydrogens is 270 g/mol. The van der Waals surface area contributed by atoms with Gasteiger partial charge in [0.25, 0.3) is 5.91 Å². The van der Waals surface area contributed by atoms with Crippen LogP contribution in [0.4, 0.5) is 0 Å². The first kappa shape index (κ1) is 15.5. The maximum Gasteiger partial charge on any atom is 0.292 e. The molecule has 1 saturated heterocycles. The van der Waals surface area contributed by atoms with Crippen molar-refractivity contribution in [2.45, 2.75) is 45.4 Å². The van der Waals surface area contributed by atoms with Gasteiger partial charge in [-0.05, 0) is 25.7 Å². The monoisotopic (exact) mass is 293 g/mol. The van der Waals surface area contributed by atoms with Gasteiger partial charge in [0.1, 0.15) is 0 Å². The highest BCUT2D eigenvalue weighted by Crippen LogP contribution is 2.24. The summed E-state index contributed by atoms with van der Waals surface area (Å²) in [6.07, 6.45) is 3.19. The summed E-state index contributed by atoms with van der Waals surface area (Å²) in [5, 5.41) is 4.02. The summed E-state index contributed by atoms with van der Waals surface area (Å²) in [5.74, 6) is 0.0645. The third-order valence-electron chi connectivity index (χ3n) is 4.33. The predicted octanol–water partition coefficient (Wildman–Crippen LogP) is 1.92. The highest BCUT2D eigenvalue weighted by Gasteiger charge is 2.28. The number of amides is 2. The summed E-state index contributed by atoms with van der Waals surface area (Å²) < 4.78 is 5.21. The van der Waals surface area contributed by atoms with E-state index in [1.54, 1.807) is 11.0 Å². The van der Waals surface area contributed by atoms with Crippen LogP contribution in [0.5, 0.6) is 0 Å². The van der Waals surface area contributed by atoms with Crippen molar-refractivity contribution in [3.8, 4) is 0 Å². The Labute approximate surface area is 124 Å². The predicted molar refractivity (Wildman–Crippen MR) is 77.6 cm³/mol. The first-order chi connectivity index (χ1) is 10.1. The number of piperidine rings is 1. The van der Waals surface area contributed by atoms with Crippen molar-refractivity contribution < 1.29 is 14.1 Å². The number of carbonyl (C=O) groups excluding carboxylic acids is 2. The van der Waals surface area contributed by atoms with Crippen molar-refractivity contribution in [2.24, 2.45) is 11.7 Å². The van der Waals surface area contributed by atoms with E-state index >= 15 is 0 Å². The normalized spacial score (nSPS) is 16.4. The van der Waals surface area contributed by atoms with Gasteiger partial charge in [-0.3, -0.25) is 9.59 Å². The summed E-state index contributed by atoms with van der Waals surface area (Å²) in [4.78, 5) is 25.2. The van der Waals surface area contributed by atoms with Crippen LogP contribution in [0, 0.1) is 5.92 Å². The molecule has 0 atom stereocenters. The second kappa shape index (κ2) is 6.74. The molecule has 6 heteroatoms. The second-order valence-corrected chi connectivity index (χ2v) is 5.60. The van der Waals surface area contributed by atoms with Gasteiger partial charge in [0.2, 0.25) is 11.7 Å². The van der Waals surface area contributed by atoms with Gasteiger partial charge in [-0.2, -0.15) is 0 Å². The Hall–Kier alpha value is -1.85. The molecule has 1 fully saturated rings. The van der Waals surface area contributed by atoms with Crippen molar-refractivity contribution in [3.63, 3.8) is 0 Å². The van der Waals surface area contributed by atoms with Crippen LogP contribution in [0.1, 0.15) is 61.7 Å². The van der Waals surface area contributed by atoms with E-state index in [9.17, 15) is 9.59 Å². The summed E-state index contributed by atoms with van der Waals surface area (Å²) in [5.41, 5.74) is 6.14. The van der Waals surface area contributed by atoms with Gasteiger partial charge in [0, 0.05) is 31.0 Å². The number of nitrogens with zero attached hydrogens (tertiary/aromatic N) is 2. The molecule has 1 aliphatic rings. The van der Waals surface area contributed by atoms with Gasteiger partial charge < -0.3 is 15.2 Å². The highest BCUT2D eigenvalue weighted by atomic mass is 16.5. The zero-order valence-corrected chi connectivity index (χ0v) is 12.7. The largest absolute Gasteiger partial charge is 0.369 e. The van der Waals surface area contributed by atoms with Crippen LogP contribution in [0.25, 0.3) is 0 Å². The Morgan fingerprint density at radius 3 is 2.52 bits per heavy atom. The van der Waals surface area contributed by atoms with Gasteiger partial charge in [-0.1, -0.05) is 19.0 Å². The fourth-order valence-corrected chi connectivity index (χ4v) is 2.81. The first-order valence-corrected chi connectivity index (χ1v) is 7.62. The van der Waals surface area contributed by atoms with Crippen LogP contribution < -0.4 is 5.73 Å². The number of hydrogen-bond acceptors (Lipinski definition) is 4. The van der Waals surface area contributed by atoms with Crippen LogP contribution in [-0.2, 0) is 4.79 Å². The van der Waals surface area contributed by atoms with E-state index in [-0.39, 0.29) is 23.5 Å². The standard InChI is InChI=1S/C15H23N3O3/c1-3-10(4-2)12-9-13(21-17-12)15(20)18-7-5-11(6-8-18)14(16)19/h9-11H,3-8H2,1-2H3,(H2,16,19). The molecule has 0 aliphatic carbocycles. The molecule has 1 aromatic heterocycles. The molecule has 0 spiro atoms. The zero-order chi connectivity index (χ0) is 15.4. The van der Waals surface area contributed by atoms with Crippen LogP contribution in [0.15, 0.2) is 10.6 Å². The molecule has 1 aromatic rings. The van der Waals surface area contributed by atoms with Gasteiger partial charge >= 0.3 is 0 Å². The Bertz CT molecular complexity index is 500. The van der Waals surface area contributed by atoms with Gasteiger partial charge in [-0.25, -0.2) is 0 Å². The van der Waals surface area contributed by atoms with E-state index < -0.39 is 0 Å². The number of rotatable bonds is 5. The number of primary amides is 1. The van der Waals surface area contributed by atoms with Crippen molar-refractivity contribution in [1.29, 1.82) is 0 Å². The number of aromatic nitrogens is 1. The first-order valence-electron chi connectivity index (χ1n) is 7.62. The molecule has 0 saturated carbocycles. The molecule has 0 unspecified atom stereocenters. The van der Waals surface area contributed by atoms with E-state index in [0.29, 0.717) is 31.8 Å². The van der Waals surface area contributed by atoms with E-state index in [0.717, 1.165) is 18.5 Å². The lowest BCUT2D eigenvalue weighted by atomic mass is 9.96. The molecule has 0 bridgehead atoms. The quantitative estimate of drug-likeness (QED) is 0.898. The lowest BCUT2D eigenvalue weighted by Gasteiger charge is -2.29. The minimum Gasteiger partial charge on any atom is -0.369 e. The van der Waals surface area contributed by atoms with Crippen LogP contribution >= 0.6 is 0 Å². The van der Waals surface area contributed by atoms with Crippen LogP contribution in [-0.4, -0.2) is 35.0 Å². The minimum absolute atomic E-state index is 0.121. The molecule has 1 aliphatic heterocycles. The molecular formula is C15H23N3O3. The molecule has 2 rings (SSSR count). The van der Waals surface area contributed by atoms with Crippen LogP contribution in [0.2, 0.25) is 0 Å². The Morgan fingerprint density at radius 2 is 2.00 bits per heavy atom. The number of likely N-dealkylation sites (tertiary alicyclic amines) is 1. The maximum absolute atomic E-state index is 12.4. The van der Waals surface area contributed by atoms with E-state index in [1.807, 2.05) is 0 Å². The Kier molecular flexibility index (Phi) is 4.98. The average Bonchev–Trinajstić information content (AvgIpc) is 2.97. The number of hydrogen-bond donors (Lipinski definition) is 1. The maximum atomic E-state index is 12.4. The summed E-state index contributed by atoms with van der Waals surface area (Å²) in [6, 6.07) is 1.75. The molecule has 6 nitrogen and oxygen atoms in total. The molecule has 2 amide bonds. The highest BCUT2D eigenvalue weighted by molar-refractivity contribution is 5.91. The topological polar surface area (TPSA) is 89.4 Å². The zero-order valence-electron chi connectivity index (χ0n) is 12.7. The summed E-state index contributed by atoms with van der Waals surface area (Å²) >= 11 is 0. The van der Waals surface area contributed by atoms with E-state index in [1.165, 1.54) is 0 Å². The molecule has 116 valence electrons. The fraction of sp³-hybridized carbons (Fsp3) is 0.667. The Balaban J connectivity index is 2.00. The molecule has 0 radical (unpaired) electrons. The van der Waals surface area contributed by atoms with E-state index in [2.05, 4.69) is 19.0 Å². The van der Waals surface area contributed by atoms with Gasteiger partial charge in [-0.15, -0.1) is 0 Å².